The summed E-state index contributed by atoms with van der Waals surface area (Å²) in [6, 6.07) is 5.38. The first-order chi connectivity index (χ1) is 8.09. The Balaban J connectivity index is 2.53. The third kappa shape index (κ3) is 2.29. The van der Waals surface area contributed by atoms with Gasteiger partial charge in [-0.3, -0.25) is 9.36 Å². The lowest BCUT2D eigenvalue weighted by molar-refractivity contribution is 0.589. The molecule has 2 aromatic rings. The van der Waals surface area contributed by atoms with Crippen LogP contribution in [0.15, 0.2) is 40.1 Å². The number of halogens is 2. The highest BCUT2D eigenvalue weighted by Crippen LogP contribution is 2.18. The molecular weight excluding hydrogens is 247 g/mol. The van der Waals surface area contributed by atoms with E-state index in [1.165, 1.54) is 30.5 Å². The zero-order chi connectivity index (χ0) is 12.4. The van der Waals surface area contributed by atoms with Gasteiger partial charge >= 0.3 is 5.69 Å². The molecule has 1 aromatic heterocycles. The Morgan fingerprint density at radius 1 is 1.29 bits per heavy atom. The maximum Gasteiger partial charge on any atom is 0.328 e. The molecule has 0 spiro atoms. The number of benzene rings is 1. The standard InChI is InChI=1S/C11H8ClFN2O2/c12-8-2-1-3-9(13)7(8)6-15-10(16)4-5-14-11(15)17/h1-5H,6H2,(H,14,17). The topological polar surface area (TPSA) is 54.9 Å². The normalized spacial score (nSPS) is 10.5. The Labute approximate surface area is 100 Å². The molecule has 0 radical (unpaired) electrons. The van der Waals surface area contributed by atoms with Crippen LogP contribution in [0.2, 0.25) is 5.02 Å². The lowest BCUT2D eigenvalue weighted by Gasteiger charge is -2.06. The highest BCUT2D eigenvalue weighted by Gasteiger charge is 2.09. The van der Waals surface area contributed by atoms with Gasteiger partial charge in [-0.05, 0) is 12.1 Å². The minimum Gasteiger partial charge on any atom is -0.314 e. The van der Waals surface area contributed by atoms with Crippen LogP contribution in [0.1, 0.15) is 5.56 Å². The molecule has 88 valence electrons. The predicted octanol–water partition coefficient (Wildman–Crippen LogP) is 1.38. The molecular formula is C11H8ClFN2O2. The maximum atomic E-state index is 13.5. The Hall–Kier alpha value is -1.88. The van der Waals surface area contributed by atoms with E-state index in [1.807, 2.05) is 0 Å². The summed E-state index contributed by atoms with van der Waals surface area (Å²) in [7, 11) is 0. The fraction of sp³-hybridized carbons (Fsp3) is 0.0909. The van der Waals surface area contributed by atoms with Gasteiger partial charge in [-0.25, -0.2) is 9.18 Å². The maximum absolute atomic E-state index is 13.5. The van der Waals surface area contributed by atoms with Crippen molar-refractivity contribution in [3.8, 4) is 0 Å². The minimum atomic E-state index is -0.600. The molecule has 1 heterocycles. The average Bonchev–Trinajstić information content (AvgIpc) is 2.27. The summed E-state index contributed by atoms with van der Waals surface area (Å²) in [5.74, 6) is -0.548. The van der Waals surface area contributed by atoms with E-state index in [4.69, 9.17) is 11.6 Å². The molecule has 1 N–H and O–H groups in total. The Kier molecular flexibility index (Phi) is 3.10. The van der Waals surface area contributed by atoms with E-state index < -0.39 is 17.1 Å². The summed E-state index contributed by atoms with van der Waals surface area (Å²) in [4.78, 5) is 25.2. The molecule has 0 amide bonds. The molecule has 0 fully saturated rings. The molecule has 1 aromatic carbocycles. The second-order valence-corrected chi connectivity index (χ2v) is 3.81. The van der Waals surface area contributed by atoms with Crippen LogP contribution in [0.5, 0.6) is 0 Å². The van der Waals surface area contributed by atoms with Crippen molar-refractivity contribution in [2.45, 2.75) is 6.54 Å². The van der Waals surface area contributed by atoms with Crippen molar-refractivity contribution in [3.63, 3.8) is 0 Å². The van der Waals surface area contributed by atoms with E-state index in [2.05, 4.69) is 4.98 Å². The van der Waals surface area contributed by atoms with Crippen LogP contribution < -0.4 is 11.2 Å². The number of hydrogen-bond donors (Lipinski definition) is 1. The van der Waals surface area contributed by atoms with Gasteiger partial charge in [0, 0.05) is 22.8 Å². The van der Waals surface area contributed by atoms with Gasteiger partial charge in [0.1, 0.15) is 5.82 Å². The zero-order valence-electron chi connectivity index (χ0n) is 8.61. The molecule has 0 aliphatic carbocycles. The highest BCUT2D eigenvalue weighted by molar-refractivity contribution is 6.31. The molecule has 0 atom stereocenters. The summed E-state index contributed by atoms with van der Waals surface area (Å²) in [5, 5.41) is 0.181. The van der Waals surface area contributed by atoms with Crippen LogP contribution in [0, 0.1) is 5.82 Å². The van der Waals surface area contributed by atoms with Crippen LogP contribution in [0.25, 0.3) is 0 Å². The number of hydrogen-bond acceptors (Lipinski definition) is 2. The SMILES string of the molecule is O=c1cc[nH]c(=O)n1Cc1c(F)cccc1Cl. The van der Waals surface area contributed by atoms with Crippen molar-refractivity contribution >= 4 is 11.6 Å². The molecule has 0 aliphatic rings. The first-order valence-electron chi connectivity index (χ1n) is 4.81. The molecule has 2 rings (SSSR count). The zero-order valence-corrected chi connectivity index (χ0v) is 9.37. The van der Waals surface area contributed by atoms with Gasteiger partial charge in [0.25, 0.3) is 5.56 Å². The van der Waals surface area contributed by atoms with E-state index in [0.29, 0.717) is 0 Å². The number of aromatic nitrogens is 2. The molecule has 0 aliphatic heterocycles. The smallest absolute Gasteiger partial charge is 0.314 e. The highest BCUT2D eigenvalue weighted by atomic mass is 35.5. The molecule has 0 saturated carbocycles. The molecule has 17 heavy (non-hydrogen) atoms. The second kappa shape index (κ2) is 4.55. The molecule has 0 saturated heterocycles. The van der Waals surface area contributed by atoms with E-state index in [0.717, 1.165) is 4.57 Å². The van der Waals surface area contributed by atoms with Gasteiger partial charge in [-0.15, -0.1) is 0 Å². The lowest BCUT2D eigenvalue weighted by atomic mass is 10.2. The van der Waals surface area contributed by atoms with Gasteiger partial charge in [0.05, 0.1) is 6.54 Å². The number of nitrogens with one attached hydrogen (secondary N) is 1. The van der Waals surface area contributed by atoms with E-state index in [-0.39, 0.29) is 17.1 Å². The number of H-pyrrole nitrogens is 1. The van der Waals surface area contributed by atoms with Crippen molar-refractivity contribution in [2.75, 3.05) is 0 Å². The average molecular weight is 255 g/mol. The van der Waals surface area contributed by atoms with Crippen molar-refractivity contribution in [1.29, 1.82) is 0 Å². The first kappa shape index (κ1) is 11.6. The third-order valence-corrected chi connectivity index (χ3v) is 2.68. The Morgan fingerprint density at radius 3 is 2.71 bits per heavy atom. The predicted molar refractivity (Wildman–Crippen MR) is 61.8 cm³/mol. The van der Waals surface area contributed by atoms with E-state index in [1.54, 1.807) is 0 Å². The monoisotopic (exact) mass is 254 g/mol. The third-order valence-electron chi connectivity index (χ3n) is 2.32. The van der Waals surface area contributed by atoms with Crippen molar-refractivity contribution in [1.82, 2.24) is 9.55 Å². The van der Waals surface area contributed by atoms with Gasteiger partial charge in [0.15, 0.2) is 0 Å². The number of aromatic amines is 1. The van der Waals surface area contributed by atoms with Crippen LogP contribution in [0.4, 0.5) is 4.39 Å². The molecule has 4 nitrogen and oxygen atoms in total. The largest absolute Gasteiger partial charge is 0.328 e. The van der Waals surface area contributed by atoms with Crippen molar-refractivity contribution in [3.05, 3.63) is 67.7 Å². The van der Waals surface area contributed by atoms with Crippen LogP contribution >= 0.6 is 11.6 Å². The number of rotatable bonds is 2. The van der Waals surface area contributed by atoms with Crippen LogP contribution in [-0.2, 0) is 6.54 Å². The molecule has 0 unspecified atom stereocenters. The summed E-state index contributed by atoms with van der Waals surface area (Å²) in [5.41, 5.74) is -0.988. The molecule has 6 heteroatoms. The lowest BCUT2D eigenvalue weighted by Crippen LogP contribution is -2.34. The van der Waals surface area contributed by atoms with Crippen LogP contribution in [-0.4, -0.2) is 9.55 Å². The summed E-state index contributed by atoms with van der Waals surface area (Å²) in [6.07, 6.45) is 1.24. The Morgan fingerprint density at radius 2 is 2.06 bits per heavy atom. The Bertz CT molecular complexity index is 615. The fourth-order valence-corrected chi connectivity index (χ4v) is 1.67. The number of nitrogens with zero attached hydrogens (tertiary/aromatic N) is 1. The second-order valence-electron chi connectivity index (χ2n) is 3.41. The van der Waals surface area contributed by atoms with Gasteiger partial charge in [0.2, 0.25) is 0 Å². The van der Waals surface area contributed by atoms with Gasteiger partial charge in [-0.1, -0.05) is 17.7 Å². The van der Waals surface area contributed by atoms with Gasteiger partial charge < -0.3 is 4.98 Å². The first-order valence-corrected chi connectivity index (χ1v) is 5.19. The van der Waals surface area contributed by atoms with E-state index >= 15 is 0 Å². The van der Waals surface area contributed by atoms with Crippen LogP contribution in [0.3, 0.4) is 0 Å². The summed E-state index contributed by atoms with van der Waals surface area (Å²) in [6.45, 7) is -0.194. The quantitative estimate of drug-likeness (QED) is 0.880. The van der Waals surface area contributed by atoms with Crippen molar-refractivity contribution in [2.24, 2.45) is 0 Å². The fourth-order valence-electron chi connectivity index (χ4n) is 1.44. The minimum absolute atomic E-state index is 0.118. The summed E-state index contributed by atoms with van der Waals surface area (Å²) < 4.78 is 14.4. The summed E-state index contributed by atoms with van der Waals surface area (Å²) >= 11 is 5.82. The molecule has 0 bridgehead atoms. The van der Waals surface area contributed by atoms with Gasteiger partial charge in [-0.2, -0.15) is 0 Å². The van der Waals surface area contributed by atoms with Crippen molar-refractivity contribution < 1.29 is 4.39 Å². The van der Waals surface area contributed by atoms with E-state index in [9.17, 15) is 14.0 Å².